The van der Waals surface area contributed by atoms with Gasteiger partial charge < -0.3 is 9.84 Å². The van der Waals surface area contributed by atoms with E-state index in [-0.39, 0.29) is 11.7 Å². The van der Waals surface area contributed by atoms with Crippen molar-refractivity contribution in [1.82, 2.24) is 0 Å². The van der Waals surface area contributed by atoms with Crippen LogP contribution in [0.25, 0.3) is 0 Å². The molecule has 0 heterocycles. The third-order valence-electron chi connectivity index (χ3n) is 3.93. The van der Waals surface area contributed by atoms with Crippen molar-refractivity contribution in [3.63, 3.8) is 0 Å². The largest absolute Gasteiger partial charge is 0.508 e. The minimum Gasteiger partial charge on any atom is -0.508 e. The molecule has 0 radical (unpaired) electrons. The second kappa shape index (κ2) is 9.35. The van der Waals surface area contributed by atoms with Crippen LogP contribution < -0.4 is 0 Å². The Bertz CT molecular complexity index is 892. The molecule has 26 heavy (non-hydrogen) atoms. The summed E-state index contributed by atoms with van der Waals surface area (Å²) < 4.78 is 5.07. The number of esters is 1. The number of benzene rings is 2. The Labute approximate surface area is 155 Å². The number of hydrogen-bond donors (Lipinski definition) is 1. The molecule has 0 spiro atoms. The molecule has 2 rings (SSSR count). The highest BCUT2D eigenvalue weighted by Crippen LogP contribution is 2.17. The van der Waals surface area contributed by atoms with Crippen LogP contribution >= 0.6 is 0 Å². The highest BCUT2D eigenvalue weighted by Gasteiger charge is 2.10. The number of ether oxygens (including phenoxy) is 1. The first kappa shape index (κ1) is 19.2. The molecule has 1 N–H and O–H groups in total. The maximum Gasteiger partial charge on any atom is 0.338 e. The number of unbranched alkanes of at least 4 members (excludes halogenated alkanes) is 1. The summed E-state index contributed by atoms with van der Waals surface area (Å²) in [5.41, 5.74) is 4.13. The number of aromatic hydroxyl groups is 1. The molecule has 2 aromatic carbocycles. The molecule has 0 amide bonds. The van der Waals surface area contributed by atoms with E-state index in [1.165, 1.54) is 0 Å². The van der Waals surface area contributed by atoms with Gasteiger partial charge in [0.1, 0.15) is 5.75 Å². The molecule has 2 aromatic rings. The van der Waals surface area contributed by atoms with Crippen molar-refractivity contribution >= 4 is 5.97 Å². The summed E-state index contributed by atoms with van der Waals surface area (Å²) in [4.78, 5) is 12.0. The molecular weight excluding hydrogens is 324 g/mol. The van der Waals surface area contributed by atoms with E-state index < -0.39 is 0 Å². The van der Waals surface area contributed by atoms with Gasteiger partial charge in [-0.3, -0.25) is 0 Å². The molecule has 3 heteroatoms. The highest BCUT2D eigenvalue weighted by atomic mass is 16.5. The van der Waals surface area contributed by atoms with Crippen LogP contribution in [0, 0.1) is 31.1 Å². The molecular formula is C23H22O3. The van der Waals surface area contributed by atoms with Crippen molar-refractivity contribution in [2.24, 2.45) is 0 Å². The lowest BCUT2D eigenvalue weighted by atomic mass is 9.98. The van der Waals surface area contributed by atoms with Gasteiger partial charge in [-0.25, -0.2) is 4.79 Å². The minimum atomic E-state index is -0.334. The number of carbonyl (C=O) groups excluding carboxylic acids is 1. The molecule has 0 atom stereocenters. The third kappa shape index (κ3) is 5.16. The van der Waals surface area contributed by atoms with E-state index in [1.54, 1.807) is 31.2 Å². The first-order valence-electron chi connectivity index (χ1n) is 8.60. The summed E-state index contributed by atoms with van der Waals surface area (Å²) in [5.74, 6) is 8.85. The molecule has 0 aromatic heterocycles. The number of carbonyl (C=O) groups is 1. The molecule has 132 valence electrons. The number of phenolic OH excluding ortho intramolecular Hbond substituents is 1. The van der Waals surface area contributed by atoms with Gasteiger partial charge in [0.2, 0.25) is 0 Å². The molecule has 3 nitrogen and oxygen atoms in total. The van der Waals surface area contributed by atoms with Gasteiger partial charge in [-0.1, -0.05) is 11.8 Å². The zero-order valence-electron chi connectivity index (χ0n) is 15.1. The van der Waals surface area contributed by atoms with E-state index in [0.29, 0.717) is 18.6 Å². The van der Waals surface area contributed by atoms with Crippen LogP contribution in [0.1, 0.15) is 52.4 Å². The van der Waals surface area contributed by atoms with Crippen LogP contribution in [0.4, 0.5) is 0 Å². The van der Waals surface area contributed by atoms with Crippen LogP contribution in [-0.2, 0) is 11.2 Å². The number of phenols is 1. The molecule has 0 unspecified atom stereocenters. The maximum atomic E-state index is 12.0. The van der Waals surface area contributed by atoms with Crippen LogP contribution in [0.15, 0.2) is 36.4 Å². The van der Waals surface area contributed by atoms with Crippen molar-refractivity contribution in [2.75, 3.05) is 6.61 Å². The molecule has 0 aliphatic rings. The molecule has 0 saturated heterocycles. The zero-order valence-corrected chi connectivity index (χ0v) is 15.1. The summed E-state index contributed by atoms with van der Waals surface area (Å²) >= 11 is 0. The highest BCUT2D eigenvalue weighted by molar-refractivity contribution is 5.89. The predicted octanol–water partition coefficient (Wildman–Crippen LogP) is 4.23. The van der Waals surface area contributed by atoms with Crippen molar-refractivity contribution in [2.45, 2.75) is 33.1 Å². The van der Waals surface area contributed by atoms with Gasteiger partial charge in [-0.15, -0.1) is 12.3 Å². The standard InChI is InChI=1S/C23H22O3/c1-4-6-7-8-20-16-21(23(25)26-5-2)12-11-19(20)10-9-18-13-14-22(24)15-17(18)3/h1,11-16,24H,5-8H2,2-3H3. The topological polar surface area (TPSA) is 46.5 Å². The lowest BCUT2D eigenvalue weighted by molar-refractivity contribution is 0.0526. The van der Waals surface area contributed by atoms with Gasteiger partial charge in [-0.05, 0) is 74.2 Å². The number of hydrogen-bond acceptors (Lipinski definition) is 3. The lowest BCUT2D eigenvalue weighted by Crippen LogP contribution is -2.06. The van der Waals surface area contributed by atoms with Crippen molar-refractivity contribution in [3.05, 3.63) is 64.2 Å². The fourth-order valence-electron chi connectivity index (χ4n) is 2.57. The molecule has 0 aliphatic carbocycles. The summed E-state index contributed by atoms with van der Waals surface area (Å²) in [6.45, 7) is 4.03. The van der Waals surface area contributed by atoms with Gasteiger partial charge in [0, 0.05) is 17.5 Å². The number of terminal acetylenes is 1. The molecule has 0 aliphatic heterocycles. The van der Waals surface area contributed by atoms with Crippen LogP contribution in [-0.4, -0.2) is 17.7 Å². The zero-order chi connectivity index (χ0) is 18.9. The van der Waals surface area contributed by atoms with Crippen LogP contribution in [0.5, 0.6) is 5.75 Å². The summed E-state index contributed by atoms with van der Waals surface area (Å²) in [5, 5.41) is 9.51. The van der Waals surface area contributed by atoms with E-state index in [4.69, 9.17) is 11.2 Å². The van der Waals surface area contributed by atoms with E-state index in [2.05, 4.69) is 17.8 Å². The van der Waals surface area contributed by atoms with E-state index >= 15 is 0 Å². The Kier molecular flexibility index (Phi) is 6.89. The van der Waals surface area contributed by atoms with E-state index in [9.17, 15) is 9.90 Å². The quantitative estimate of drug-likeness (QED) is 0.501. The normalized spacial score (nSPS) is 9.73. The average molecular weight is 346 g/mol. The summed E-state index contributed by atoms with van der Waals surface area (Å²) in [6, 6.07) is 10.5. The van der Waals surface area contributed by atoms with Gasteiger partial charge in [0.15, 0.2) is 0 Å². The Morgan fingerprint density at radius 3 is 2.58 bits per heavy atom. The first-order valence-corrected chi connectivity index (χ1v) is 8.60. The second-order valence-electron chi connectivity index (χ2n) is 5.90. The smallest absolute Gasteiger partial charge is 0.338 e. The maximum absolute atomic E-state index is 12.0. The van der Waals surface area contributed by atoms with Crippen LogP contribution in [0.2, 0.25) is 0 Å². The Balaban J connectivity index is 2.35. The Morgan fingerprint density at radius 2 is 1.88 bits per heavy atom. The van der Waals surface area contributed by atoms with Gasteiger partial charge in [0.05, 0.1) is 12.2 Å². The van der Waals surface area contributed by atoms with Crippen LogP contribution in [0.3, 0.4) is 0 Å². The number of aryl methyl sites for hydroxylation is 2. The van der Waals surface area contributed by atoms with Crippen molar-refractivity contribution in [3.8, 4) is 29.9 Å². The molecule has 0 fully saturated rings. The third-order valence-corrected chi connectivity index (χ3v) is 3.93. The minimum absolute atomic E-state index is 0.224. The van der Waals surface area contributed by atoms with Crippen molar-refractivity contribution < 1.29 is 14.6 Å². The lowest BCUT2D eigenvalue weighted by Gasteiger charge is -2.08. The van der Waals surface area contributed by atoms with E-state index in [0.717, 1.165) is 35.1 Å². The second-order valence-corrected chi connectivity index (χ2v) is 5.90. The fourth-order valence-corrected chi connectivity index (χ4v) is 2.57. The average Bonchev–Trinajstić information content (AvgIpc) is 2.62. The predicted molar refractivity (Wildman–Crippen MR) is 103 cm³/mol. The summed E-state index contributed by atoms with van der Waals surface area (Å²) in [6.07, 6.45) is 7.59. The molecule has 0 saturated carbocycles. The monoisotopic (exact) mass is 346 g/mol. The number of rotatable bonds is 5. The van der Waals surface area contributed by atoms with Gasteiger partial charge in [0.25, 0.3) is 0 Å². The molecule has 0 bridgehead atoms. The van der Waals surface area contributed by atoms with Crippen molar-refractivity contribution in [1.29, 1.82) is 0 Å². The Morgan fingerprint density at radius 1 is 1.15 bits per heavy atom. The fraction of sp³-hybridized carbons (Fsp3) is 0.261. The summed E-state index contributed by atoms with van der Waals surface area (Å²) in [7, 11) is 0. The first-order chi connectivity index (χ1) is 12.5. The van der Waals surface area contributed by atoms with Gasteiger partial charge >= 0.3 is 5.97 Å². The SMILES string of the molecule is C#CCCCc1cc(C(=O)OCC)ccc1C#Cc1ccc(O)cc1C. The van der Waals surface area contributed by atoms with Gasteiger partial charge in [-0.2, -0.15) is 0 Å². The Hall–Kier alpha value is -3.17. The van der Waals surface area contributed by atoms with E-state index in [1.807, 2.05) is 19.1 Å².